The monoisotopic (exact) mass is 390 g/mol. The summed E-state index contributed by atoms with van der Waals surface area (Å²) in [5.41, 5.74) is 6.25. The van der Waals surface area contributed by atoms with Crippen LogP contribution in [0.4, 0.5) is 5.82 Å². The maximum Gasteiger partial charge on any atom is 0.442 e. The molecule has 0 spiro atoms. The number of fused-ring (bicyclic) bond motifs is 1. The molecule has 0 saturated carbocycles. The average Bonchev–Trinajstić information content (AvgIpc) is 3.11. The first kappa shape index (κ1) is 18.9. The van der Waals surface area contributed by atoms with Gasteiger partial charge in [-0.05, 0) is 0 Å². The van der Waals surface area contributed by atoms with E-state index in [0.717, 1.165) is 0 Å². The van der Waals surface area contributed by atoms with Crippen LogP contribution in [0.15, 0.2) is 12.7 Å². The molecule has 0 amide bonds. The van der Waals surface area contributed by atoms with Crippen LogP contribution in [0.2, 0.25) is 0 Å². The highest BCUT2D eigenvalue weighted by Crippen LogP contribution is 2.50. The molecule has 5 atom stereocenters. The Morgan fingerprint density at radius 2 is 2.04 bits per heavy atom. The van der Waals surface area contributed by atoms with Crippen LogP contribution in [0, 0.1) is 0 Å². The predicted molar refractivity (Wildman–Crippen MR) is 85.0 cm³/mol. The molecule has 0 bridgehead atoms. The first-order valence-electron chi connectivity index (χ1n) is 7.32. The van der Waals surface area contributed by atoms with Gasteiger partial charge in [0.15, 0.2) is 24.0 Å². The lowest BCUT2D eigenvalue weighted by atomic mass is 10.1. The number of aliphatic hydroxyl groups is 2. The summed E-state index contributed by atoms with van der Waals surface area (Å²) in [6.07, 6.45) is -2.51. The number of aromatic nitrogens is 4. The number of carbonyl (C=O) groups is 1. The highest BCUT2D eigenvalue weighted by molar-refractivity contribution is 7.60. The van der Waals surface area contributed by atoms with Gasteiger partial charge in [0.05, 0.1) is 12.9 Å². The van der Waals surface area contributed by atoms with Crippen molar-refractivity contribution in [3.63, 3.8) is 0 Å². The molecule has 2 aromatic rings. The number of ether oxygens (including phenoxy) is 2. The Labute approximate surface area is 146 Å². The highest BCUT2D eigenvalue weighted by atomic mass is 31.2. The zero-order chi connectivity index (χ0) is 19.1. The molecular weight excluding hydrogens is 373 g/mol. The molecule has 5 unspecified atom stereocenters. The van der Waals surface area contributed by atoms with E-state index in [1.54, 1.807) is 0 Å². The number of aliphatic hydroxyl groups excluding tert-OH is 2. The summed E-state index contributed by atoms with van der Waals surface area (Å²) >= 11 is 0. The van der Waals surface area contributed by atoms with Crippen LogP contribution in [0.5, 0.6) is 0 Å². The highest BCUT2D eigenvalue weighted by Gasteiger charge is 2.48. The van der Waals surface area contributed by atoms with Crippen molar-refractivity contribution in [3.05, 3.63) is 12.7 Å². The number of imidazole rings is 1. The molecular formula is C12H17N5O8P+. The zero-order valence-electron chi connectivity index (χ0n) is 13.1. The topological polar surface area (TPSA) is 206 Å². The summed E-state index contributed by atoms with van der Waals surface area (Å²) in [6, 6.07) is 0. The van der Waals surface area contributed by atoms with E-state index in [1.165, 1.54) is 17.2 Å². The number of carbonyl (C=O) groups excluding carboxylic acids is 1. The molecule has 13 nitrogen and oxygen atoms in total. The zero-order valence-corrected chi connectivity index (χ0v) is 14.0. The van der Waals surface area contributed by atoms with E-state index in [1.807, 2.05) is 0 Å². The molecule has 0 aromatic carbocycles. The maximum absolute atomic E-state index is 10.8. The Morgan fingerprint density at radius 1 is 1.31 bits per heavy atom. The van der Waals surface area contributed by atoms with Crippen molar-refractivity contribution in [2.24, 2.45) is 0 Å². The van der Waals surface area contributed by atoms with Gasteiger partial charge in [0, 0.05) is 0 Å². The Balaban J connectivity index is 1.77. The summed E-state index contributed by atoms with van der Waals surface area (Å²) < 4.78 is 11.8. The number of nitrogen functional groups attached to an aromatic ring is 1. The Bertz CT molecular complexity index is 798. The van der Waals surface area contributed by atoms with E-state index in [4.69, 9.17) is 29.9 Å². The van der Waals surface area contributed by atoms with Crippen molar-refractivity contribution in [3.8, 4) is 0 Å². The van der Waals surface area contributed by atoms with Crippen LogP contribution in [0.3, 0.4) is 0 Å². The molecule has 3 heterocycles. The van der Waals surface area contributed by atoms with Gasteiger partial charge in [0.2, 0.25) is 0 Å². The lowest BCUT2D eigenvalue weighted by Crippen LogP contribution is -2.35. The van der Waals surface area contributed by atoms with E-state index in [-0.39, 0.29) is 23.3 Å². The van der Waals surface area contributed by atoms with Gasteiger partial charge in [-0.3, -0.25) is 9.36 Å². The number of nitrogens with two attached hydrogens (primary N) is 1. The molecule has 3 rings (SSSR count). The summed E-state index contributed by atoms with van der Waals surface area (Å²) in [7, 11) is -4.56. The van der Waals surface area contributed by atoms with Crippen molar-refractivity contribution in [2.45, 2.75) is 30.4 Å². The first-order valence-corrected chi connectivity index (χ1v) is 9.04. The largest absolute Gasteiger partial charge is 0.442 e. The van der Waals surface area contributed by atoms with E-state index in [0.29, 0.717) is 0 Å². The molecule has 14 heteroatoms. The van der Waals surface area contributed by atoms with Crippen LogP contribution in [-0.4, -0.2) is 81.5 Å². The molecule has 1 aliphatic heterocycles. The number of rotatable bonds is 6. The van der Waals surface area contributed by atoms with Gasteiger partial charge in [0.1, 0.15) is 30.2 Å². The molecule has 1 fully saturated rings. The normalized spacial score (nSPS) is 27.7. The summed E-state index contributed by atoms with van der Waals surface area (Å²) in [4.78, 5) is 49.9. The van der Waals surface area contributed by atoms with E-state index < -0.39 is 44.9 Å². The van der Waals surface area contributed by atoms with Crippen molar-refractivity contribution >= 4 is 31.2 Å². The summed E-state index contributed by atoms with van der Waals surface area (Å²) in [5, 5.41) is 20.4. The van der Waals surface area contributed by atoms with Crippen molar-refractivity contribution in [1.82, 2.24) is 19.5 Å². The van der Waals surface area contributed by atoms with Crippen molar-refractivity contribution < 1.29 is 39.2 Å². The smallest absolute Gasteiger partial charge is 0.387 e. The second-order valence-electron chi connectivity index (χ2n) is 5.60. The van der Waals surface area contributed by atoms with Crippen LogP contribution in [-0.2, 0) is 14.3 Å². The van der Waals surface area contributed by atoms with Crippen LogP contribution >= 0.6 is 7.94 Å². The van der Waals surface area contributed by atoms with Gasteiger partial charge in [0.25, 0.3) is 0 Å². The second-order valence-corrected chi connectivity index (χ2v) is 7.34. The average molecular weight is 390 g/mol. The number of nitrogens with zero attached hydrogens (tertiary/aromatic N) is 4. The van der Waals surface area contributed by atoms with Crippen molar-refractivity contribution in [1.29, 1.82) is 0 Å². The first-order chi connectivity index (χ1) is 12.2. The van der Waals surface area contributed by atoms with Gasteiger partial charge in [-0.1, -0.05) is 0 Å². The minimum atomic E-state index is -4.56. The van der Waals surface area contributed by atoms with Crippen molar-refractivity contribution in [2.75, 3.05) is 12.3 Å². The number of hydrogen-bond donors (Lipinski definition) is 6. The molecule has 142 valence electrons. The summed E-state index contributed by atoms with van der Waals surface area (Å²) in [5.74, 6) is -1.75. The molecule has 26 heavy (non-hydrogen) atoms. The van der Waals surface area contributed by atoms with Crippen LogP contribution in [0.1, 0.15) is 6.23 Å². The minimum Gasteiger partial charge on any atom is -0.387 e. The van der Waals surface area contributed by atoms with Gasteiger partial charge in [-0.15, -0.1) is 0 Å². The van der Waals surface area contributed by atoms with Crippen LogP contribution in [0.25, 0.3) is 11.2 Å². The molecule has 1 aliphatic rings. The van der Waals surface area contributed by atoms with E-state index in [9.17, 15) is 15.0 Å². The fourth-order valence-electron chi connectivity index (χ4n) is 2.57. The fraction of sp³-hybridized carbons (Fsp3) is 0.500. The van der Waals surface area contributed by atoms with Gasteiger partial charge >= 0.3 is 13.8 Å². The standard InChI is InChI=1S/C12H17N5O8P/c13-10-7-11(15-3-14-10)17(4-16-7)12-9(20)8(19)5(25-12)2-24-6(1-18)26(21,22)23/h1,3-6,8-9,12,19-23H,2H2,(H2,13,14,15)/q+1. The number of aldehydes is 1. The predicted octanol–water partition coefficient (Wildman–Crippen LogP) is -2.69. The van der Waals surface area contributed by atoms with Gasteiger partial charge < -0.3 is 25.4 Å². The summed E-state index contributed by atoms with van der Waals surface area (Å²) in [6.45, 7) is -0.495. The molecule has 1 saturated heterocycles. The van der Waals surface area contributed by atoms with E-state index in [2.05, 4.69) is 15.0 Å². The fourth-order valence-corrected chi connectivity index (χ4v) is 3.02. The van der Waals surface area contributed by atoms with Gasteiger partial charge in [-0.2, -0.15) is 14.7 Å². The molecule has 7 N–H and O–H groups in total. The van der Waals surface area contributed by atoms with Gasteiger partial charge in [-0.25, -0.2) is 15.0 Å². The lowest BCUT2D eigenvalue weighted by molar-refractivity contribution is -0.119. The maximum atomic E-state index is 10.8. The third kappa shape index (κ3) is 3.39. The molecule has 0 aliphatic carbocycles. The lowest BCUT2D eigenvalue weighted by Gasteiger charge is -2.17. The SMILES string of the molecule is Nc1ncnc2c1ncn2C1OC(COC(C=O)[P+](O)(O)O)C(O)C1O. The minimum absolute atomic E-state index is 0.0199. The molecule has 2 aromatic heterocycles. The quantitative estimate of drug-likeness (QED) is 0.220. The number of anilines is 1. The number of hydrogen-bond acceptors (Lipinski definition) is 12. The Hall–Kier alpha value is -1.83. The molecule has 0 radical (unpaired) electrons. The third-order valence-electron chi connectivity index (χ3n) is 3.89. The second kappa shape index (κ2) is 7.06. The Morgan fingerprint density at radius 3 is 2.69 bits per heavy atom. The third-order valence-corrected chi connectivity index (χ3v) is 4.84. The van der Waals surface area contributed by atoms with E-state index >= 15 is 0 Å². The Kier molecular flexibility index (Phi) is 5.14. The van der Waals surface area contributed by atoms with Crippen LogP contribution < -0.4 is 5.73 Å².